The molecule has 7 heteroatoms. The highest BCUT2D eigenvalue weighted by Crippen LogP contribution is 2.11. The van der Waals surface area contributed by atoms with Crippen molar-refractivity contribution in [2.45, 2.75) is 4.34 Å². The van der Waals surface area contributed by atoms with Gasteiger partial charge in [0.15, 0.2) is 11.0 Å². The van der Waals surface area contributed by atoms with Gasteiger partial charge >= 0.3 is 0 Å². The summed E-state index contributed by atoms with van der Waals surface area (Å²) in [6.45, 7) is 0. The minimum absolute atomic E-state index is 0.257. The zero-order valence-electron chi connectivity index (χ0n) is 4.27. The highest BCUT2D eigenvalue weighted by atomic mass is 32.2. The number of hydrogen-bond donors (Lipinski definition) is 2. The highest BCUT2D eigenvalue weighted by Gasteiger charge is 2.03. The van der Waals surface area contributed by atoms with Crippen LogP contribution in [0, 0.1) is 0 Å². The molecule has 1 rings (SSSR count). The van der Waals surface area contributed by atoms with Gasteiger partial charge in [0.2, 0.25) is 9.47 Å². The number of nitrogens with zero attached hydrogens (tertiary/aromatic N) is 2. The number of aromatic nitrogens is 2. The molecule has 1 atom stereocenters. The van der Waals surface area contributed by atoms with E-state index in [9.17, 15) is 4.21 Å². The van der Waals surface area contributed by atoms with Crippen LogP contribution in [0.1, 0.15) is 0 Å². The molecule has 0 aliphatic carbocycles. The Hall–Kier alpha value is -0.530. The van der Waals surface area contributed by atoms with Gasteiger partial charge in [0, 0.05) is 0 Å². The lowest BCUT2D eigenvalue weighted by atomic mass is 11.3. The molecule has 9 heavy (non-hydrogen) atoms. The Kier molecular flexibility index (Phi) is 1.74. The fourth-order valence-electron chi connectivity index (χ4n) is 0.302. The van der Waals surface area contributed by atoms with Crippen LogP contribution < -0.4 is 10.9 Å². The summed E-state index contributed by atoms with van der Waals surface area (Å²) in [6.07, 6.45) is 0. The van der Waals surface area contributed by atoms with Gasteiger partial charge in [-0.2, -0.15) is 0 Å². The minimum Gasteiger partial charge on any atom is -0.374 e. The summed E-state index contributed by atoms with van der Waals surface area (Å²) in [5.74, 6) is 0. The van der Waals surface area contributed by atoms with Gasteiger partial charge in [-0.05, 0) is 0 Å². The smallest absolute Gasteiger partial charge is 0.221 e. The number of nitrogens with two attached hydrogens (primary N) is 2. The Bertz CT molecular complexity index is 232. The Balaban J connectivity index is 2.98. The zero-order valence-corrected chi connectivity index (χ0v) is 5.91. The van der Waals surface area contributed by atoms with Gasteiger partial charge in [0.25, 0.3) is 0 Å². The van der Waals surface area contributed by atoms with Crippen LogP contribution in [0.2, 0.25) is 0 Å². The number of rotatable bonds is 1. The zero-order chi connectivity index (χ0) is 6.85. The monoisotopic (exact) mass is 164 g/mol. The maximum atomic E-state index is 10.4. The highest BCUT2D eigenvalue weighted by molar-refractivity contribution is 7.85. The summed E-state index contributed by atoms with van der Waals surface area (Å²) in [6, 6.07) is 0. The van der Waals surface area contributed by atoms with Crippen molar-refractivity contribution in [3.63, 3.8) is 0 Å². The summed E-state index contributed by atoms with van der Waals surface area (Å²) >= 11 is 1.03. The van der Waals surface area contributed by atoms with Crippen molar-refractivity contribution < 1.29 is 4.21 Å². The largest absolute Gasteiger partial charge is 0.374 e. The first-order valence-electron chi connectivity index (χ1n) is 1.95. The van der Waals surface area contributed by atoms with E-state index >= 15 is 0 Å². The van der Waals surface area contributed by atoms with Gasteiger partial charge in [-0.25, -0.2) is 9.35 Å². The topological polar surface area (TPSA) is 94.9 Å². The third kappa shape index (κ3) is 1.44. The maximum Gasteiger partial charge on any atom is 0.221 e. The normalized spacial score (nSPS) is 13.4. The van der Waals surface area contributed by atoms with Crippen LogP contribution in [0.25, 0.3) is 0 Å². The predicted octanol–water partition coefficient (Wildman–Crippen LogP) is -0.898. The first-order chi connectivity index (χ1) is 4.20. The minimum atomic E-state index is -1.54. The molecule has 0 saturated carbocycles. The number of nitrogen functional groups attached to an aromatic ring is 1. The van der Waals surface area contributed by atoms with Gasteiger partial charge in [0.05, 0.1) is 0 Å². The second kappa shape index (κ2) is 2.38. The predicted molar refractivity (Wildman–Crippen MR) is 34.9 cm³/mol. The quantitative estimate of drug-likeness (QED) is 0.562. The van der Waals surface area contributed by atoms with Crippen LogP contribution >= 0.6 is 11.3 Å². The molecule has 0 saturated heterocycles. The molecule has 4 N–H and O–H groups in total. The molecule has 0 radical (unpaired) electrons. The second-order valence-electron chi connectivity index (χ2n) is 1.20. The molecule has 1 aromatic heterocycles. The Morgan fingerprint density at radius 3 is 2.44 bits per heavy atom. The summed E-state index contributed by atoms with van der Waals surface area (Å²) in [4.78, 5) is 0. The van der Waals surface area contributed by atoms with E-state index in [4.69, 9.17) is 10.9 Å². The molecule has 50 valence electrons. The Morgan fingerprint density at radius 2 is 2.22 bits per heavy atom. The standard InChI is InChI=1S/C2H4N4OS2/c3-1-5-6-2(8-1)9(4)7/h4H2,(H2,3,5). The van der Waals surface area contributed by atoms with Crippen molar-refractivity contribution in [1.82, 2.24) is 10.2 Å². The van der Waals surface area contributed by atoms with E-state index < -0.39 is 11.0 Å². The van der Waals surface area contributed by atoms with Crippen molar-refractivity contribution in [2.75, 3.05) is 5.73 Å². The average molecular weight is 164 g/mol. The molecule has 1 heterocycles. The Labute approximate surface area is 57.7 Å². The lowest BCUT2D eigenvalue weighted by molar-refractivity contribution is 0.682. The molecule has 0 amide bonds. The third-order valence-electron chi connectivity index (χ3n) is 0.594. The first-order valence-corrected chi connectivity index (χ1v) is 3.98. The SMILES string of the molecule is Nc1nnc(S(N)=O)s1. The molecule has 0 bridgehead atoms. The fourth-order valence-corrected chi connectivity index (χ4v) is 1.35. The van der Waals surface area contributed by atoms with Crippen molar-refractivity contribution in [1.29, 1.82) is 0 Å². The molecule has 0 aliphatic heterocycles. The fraction of sp³-hybridized carbons (Fsp3) is 0. The van der Waals surface area contributed by atoms with E-state index in [1.807, 2.05) is 0 Å². The van der Waals surface area contributed by atoms with Crippen LogP contribution in [0.4, 0.5) is 5.13 Å². The third-order valence-corrected chi connectivity index (χ3v) is 2.31. The summed E-state index contributed by atoms with van der Waals surface area (Å²) in [7, 11) is -1.54. The molecule has 0 fully saturated rings. The second-order valence-corrected chi connectivity index (χ2v) is 3.45. The van der Waals surface area contributed by atoms with Crippen LogP contribution in [-0.2, 0) is 11.0 Å². The molecule has 1 unspecified atom stereocenters. The summed E-state index contributed by atoms with van der Waals surface area (Å²) < 4.78 is 10.7. The van der Waals surface area contributed by atoms with Crippen LogP contribution in [0.15, 0.2) is 4.34 Å². The van der Waals surface area contributed by atoms with E-state index in [1.165, 1.54) is 0 Å². The molecule has 1 aromatic rings. The molecule has 0 aromatic carbocycles. The van der Waals surface area contributed by atoms with E-state index in [1.54, 1.807) is 0 Å². The van der Waals surface area contributed by atoms with Crippen LogP contribution in [-0.4, -0.2) is 14.4 Å². The van der Waals surface area contributed by atoms with Gasteiger partial charge in [-0.1, -0.05) is 11.3 Å². The van der Waals surface area contributed by atoms with E-state index in [0.717, 1.165) is 11.3 Å². The molecular formula is C2H4N4OS2. The van der Waals surface area contributed by atoms with Gasteiger partial charge in [0.1, 0.15) is 0 Å². The summed E-state index contributed by atoms with van der Waals surface area (Å²) in [5.41, 5.74) is 5.17. The van der Waals surface area contributed by atoms with Gasteiger partial charge in [-0.3, -0.25) is 0 Å². The average Bonchev–Trinajstić information content (AvgIpc) is 2.14. The number of anilines is 1. The molecular weight excluding hydrogens is 160 g/mol. The Morgan fingerprint density at radius 1 is 1.56 bits per heavy atom. The molecule has 5 nitrogen and oxygen atoms in total. The van der Waals surface area contributed by atoms with Crippen LogP contribution in [0.5, 0.6) is 0 Å². The molecule has 0 spiro atoms. The van der Waals surface area contributed by atoms with Crippen LogP contribution in [0.3, 0.4) is 0 Å². The van der Waals surface area contributed by atoms with E-state index in [-0.39, 0.29) is 9.47 Å². The number of hydrogen-bond acceptors (Lipinski definition) is 5. The van der Waals surface area contributed by atoms with Crippen molar-refractivity contribution in [2.24, 2.45) is 5.14 Å². The first kappa shape index (κ1) is 6.59. The van der Waals surface area contributed by atoms with E-state index in [2.05, 4.69) is 10.2 Å². The summed E-state index contributed by atoms with van der Waals surface area (Å²) in [5, 5.41) is 12.1. The molecule has 0 aliphatic rings. The van der Waals surface area contributed by atoms with Gasteiger partial charge in [-0.15, -0.1) is 10.2 Å². The lowest BCUT2D eigenvalue weighted by Crippen LogP contribution is -2.01. The lowest BCUT2D eigenvalue weighted by Gasteiger charge is -1.78. The van der Waals surface area contributed by atoms with Crippen molar-refractivity contribution >= 4 is 27.5 Å². The van der Waals surface area contributed by atoms with E-state index in [0.29, 0.717) is 0 Å². The maximum absolute atomic E-state index is 10.4. The van der Waals surface area contributed by atoms with Crippen molar-refractivity contribution in [3.8, 4) is 0 Å². The van der Waals surface area contributed by atoms with Gasteiger partial charge < -0.3 is 5.73 Å². The van der Waals surface area contributed by atoms with Crippen molar-refractivity contribution in [3.05, 3.63) is 0 Å².